The van der Waals surface area contributed by atoms with Crippen LogP contribution in [-0.2, 0) is 11.2 Å². The number of aliphatic hydroxyl groups excluding tert-OH is 2. The summed E-state index contributed by atoms with van der Waals surface area (Å²) in [5.74, 6) is -2.13. The summed E-state index contributed by atoms with van der Waals surface area (Å²) in [6.45, 7) is 6.44. The summed E-state index contributed by atoms with van der Waals surface area (Å²) in [5.41, 5.74) is 2.29. The number of carboxylic acids is 1. The number of amides is 1. The molecule has 1 heterocycles. The number of hydrogen-bond acceptors (Lipinski definition) is 6. The Kier molecular flexibility index (Phi) is 9.99. The largest absolute Gasteiger partial charge is 0.550 e. The van der Waals surface area contributed by atoms with Gasteiger partial charge in [-0.25, -0.2) is 9.07 Å². The minimum absolute atomic E-state index is 0.0538. The Hall–Kier alpha value is -2.78. The highest BCUT2D eigenvalue weighted by Gasteiger charge is 2.26. The lowest BCUT2D eigenvalue weighted by Crippen LogP contribution is -2.29. The zero-order valence-electron chi connectivity index (χ0n) is 19.4. The molecule has 9 heteroatoms. The van der Waals surface area contributed by atoms with Crippen LogP contribution in [0.25, 0.3) is 5.69 Å². The maximum atomic E-state index is 13.5. The summed E-state index contributed by atoms with van der Waals surface area (Å²) in [7, 11) is 0. The summed E-state index contributed by atoms with van der Waals surface area (Å²) in [4.78, 5) is 23.5. The molecule has 0 saturated heterocycles. The van der Waals surface area contributed by atoms with E-state index in [0.717, 1.165) is 18.4 Å². The van der Waals surface area contributed by atoms with E-state index in [2.05, 4.69) is 10.4 Å². The van der Waals surface area contributed by atoms with Crippen molar-refractivity contribution in [3.8, 4) is 5.69 Å². The van der Waals surface area contributed by atoms with E-state index in [-0.39, 0.29) is 30.4 Å². The summed E-state index contributed by atoms with van der Waals surface area (Å²) < 4.78 is 15.1. The van der Waals surface area contributed by atoms with Crippen LogP contribution < -0.4 is 10.4 Å². The van der Waals surface area contributed by atoms with Crippen LogP contribution in [-0.4, -0.2) is 50.6 Å². The predicted octanol–water partition coefficient (Wildman–Crippen LogP) is 1.85. The molecule has 2 aromatic rings. The van der Waals surface area contributed by atoms with Crippen molar-refractivity contribution in [3.05, 3.63) is 47.0 Å². The molecule has 3 N–H and O–H groups in total. The third kappa shape index (κ3) is 7.64. The number of benzene rings is 1. The van der Waals surface area contributed by atoms with Gasteiger partial charge in [-0.05, 0) is 55.9 Å². The number of carboxylic acid groups (broad SMARTS) is 1. The van der Waals surface area contributed by atoms with Crippen molar-refractivity contribution in [1.82, 2.24) is 15.1 Å². The maximum Gasteiger partial charge on any atom is 0.272 e. The Balaban J connectivity index is 2.37. The van der Waals surface area contributed by atoms with Gasteiger partial charge < -0.3 is 25.4 Å². The fourth-order valence-electron chi connectivity index (χ4n) is 3.75. The van der Waals surface area contributed by atoms with Crippen LogP contribution in [0.3, 0.4) is 0 Å². The van der Waals surface area contributed by atoms with E-state index in [0.29, 0.717) is 24.3 Å². The van der Waals surface area contributed by atoms with Gasteiger partial charge in [0, 0.05) is 30.2 Å². The van der Waals surface area contributed by atoms with E-state index in [1.807, 2.05) is 20.8 Å². The molecule has 0 aliphatic rings. The highest BCUT2D eigenvalue weighted by molar-refractivity contribution is 5.94. The average molecular weight is 463 g/mol. The van der Waals surface area contributed by atoms with Gasteiger partial charge in [-0.15, -0.1) is 0 Å². The molecule has 0 saturated carbocycles. The van der Waals surface area contributed by atoms with E-state index in [1.54, 1.807) is 16.8 Å². The first-order chi connectivity index (χ1) is 15.6. The number of aliphatic hydroxyl groups is 2. The van der Waals surface area contributed by atoms with Crippen molar-refractivity contribution in [1.29, 1.82) is 0 Å². The van der Waals surface area contributed by atoms with Gasteiger partial charge >= 0.3 is 0 Å². The second kappa shape index (κ2) is 12.5. The number of carbonyl (C=O) groups excluding carboxylic acids is 2. The van der Waals surface area contributed by atoms with Crippen molar-refractivity contribution < 1.29 is 29.3 Å². The fourth-order valence-corrected chi connectivity index (χ4v) is 3.75. The van der Waals surface area contributed by atoms with Gasteiger partial charge in [0.2, 0.25) is 0 Å². The van der Waals surface area contributed by atoms with Crippen molar-refractivity contribution in [3.63, 3.8) is 0 Å². The van der Waals surface area contributed by atoms with E-state index < -0.39 is 30.4 Å². The maximum absolute atomic E-state index is 13.5. The molecule has 0 aliphatic heterocycles. The Morgan fingerprint density at radius 1 is 1.18 bits per heavy atom. The molecule has 8 nitrogen and oxygen atoms in total. The van der Waals surface area contributed by atoms with E-state index >= 15 is 0 Å². The normalized spacial score (nSPS) is 13.2. The number of unbranched alkanes of at least 4 members (excludes halogenated alkanes) is 1. The van der Waals surface area contributed by atoms with E-state index in [1.165, 1.54) is 12.1 Å². The third-order valence-electron chi connectivity index (χ3n) is 5.36. The Morgan fingerprint density at radius 2 is 1.85 bits per heavy atom. The summed E-state index contributed by atoms with van der Waals surface area (Å²) in [6.07, 6.45) is -0.519. The number of rotatable bonds is 13. The quantitative estimate of drug-likeness (QED) is 0.390. The standard InChI is InChI=1S/C24H34FN3O5/c1-4-5-12-26-24(33)23-22(15(2)3)20(11-10-18(29)13-19(30)14-21(31)32)28(27-23)17-8-6-16(25)7-9-17/h6-9,15,18-19,29-30H,4-5,10-14H2,1-3H3,(H,26,33)(H,31,32)/p-1/t18-,19-/m1/s1. The van der Waals surface area contributed by atoms with Gasteiger partial charge in [0.15, 0.2) is 5.69 Å². The Morgan fingerprint density at radius 3 is 2.42 bits per heavy atom. The Labute approximate surface area is 193 Å². The minimum Gasteiger partial charge on any atom is -0.550 e. The smallest absolute Gasteiger partial charge is 0.272 e. The molecule has 0 bridgehead atoms. The van der Waals surface area contributed by atoms with Crippen LogP contribution >= 0.6 is 0 Å². The van der Waals surface area contributed by atoms with E-state index in [4.69, 9.17) is 0 Å². The molecule has 0 aliphatic carbocycles. The highest BCUT2D eigenvalue weighted by Crippen LogP contribution is 2.28. The topological polar surface area (TPSA) is 128 Å². The fraction of sp³-hybridized carbons (Fsp3) is 0.542. The first-order valence-corrected chi connectivity index (χ1v) is 11.4. The lowest BCUT2D eigenvalue weighted by molar-refractivity contribution is -0.307. The lowest BCUT2D eigenvalue weighted by atomic mass is 9.95. The van der Waals surface area contributed by atoms with Gasteiger partial charge in [0.05, 0.1) is 17.9 Å². The molecule has 0 fully saturated rings. The van der Waals surface area contributed by atoms with Gasteiger partial charge in [-0.1, -0.05) is 27.2 Å². The SMILES string of the molecule is CCCCNC(=O)c1nn(-c2ccc(F)cc2)c(CC[C@@H](O)C[C@@H](O)CC(=O)[O-])c1C(C)C. The van der Waals surface area contributed by atoms with Gasteiger partial charge in [0.1, 0.15) is 5.82 Å². The van der Waals surface area contributed by atoms with Crippen LogP contribution in [0.4, 0.5) is 4.39 Å². The molecule has 2 atom stereocenters. The van der Waals surface area contributed by atoms with Gasteiger partial charge in [0.25, 0.3) is 5.91 Å². The molecule has 2 rings (SSSR count). The third-order valence-corrected chi connectivity index (χ3v) is 5.36. The van der Waals surface area contributed by atoms with E-state index in [9.17, 15) is 29.3 Å². The molecule has 1 aromatic carbocycles. The molecule has 0 spiro atoms. The van der Waals surface area contributed by atoms with Crippen LogP contribution in [0.2, 0.25) is 0 Å². The number of nitrogens with zero attached hydrogens (tertiary/aromatic N) is 2. The second-order valence-electron chi connectivity index (χ2n) is 8.52. The summed E-state index contributed by atoms with van der Waals surface area (Å²) in [5, 5.41) is 38.2. The zero-order chi connectivity index (χ0) is 24.5. The molecular weight excluding hydrogens is 429 g/mol. The van der Waals surface area contributed by atoms with Gasteiger partial charge in [-0.2, -0.15) is 5.10 Å². The average Bonchev–Trinajstić information content (AvgIpc) is 3.12. The highest BCUT2D eigenvalue weighted by atomic mass is 19.1. The number of nitrogens with one attached hydrogen (secondary N) is 1. The van der Waals surface area contributed by atoms with Crippen LogP contribution in [0.5, 0.6) is 0 Å². The number of carbonyl (C=O) groups is 2. The second-order valence-corrected chi connectivity index (χ2v) is 8.52. The number of hydrogen-bond donors (Lipinski definition) is 3. The molecule has 0 unspecified atom stereocenters. The van der Waals surface area contributed by atoms with Crippen LogP contribution in [0, 0.1) is 5.82 Å². The minimum atomic E-state index is -1.38. The summed E-state index contributed by atoms with van der Waals surface area (Å²) >= 11 is 0. The zero-order valence-corrected chi connectivity index (χ0v) is 19.4. The van der Waals surface area contributed by atoms with Crippen molar-refractivity contribution in [2.75, 3.05) is 6.54 Å². The molecular formula is C24H33FN3O5-. The first-order valence-electron chi connectivity index (χ1n) is 11.4. The van der Waals surface area contributed by atoms with Crippen LogP contribution in [0.1, 0.15) is 80.5 Å². The number of aromatic nitrogens is 2. The predicted molar refractivity (Wildman–Crippen MR) is 119 cm³/mol. The van der Waals surface area contributed by atoms with Crippen molar-refractivity contribution >= 4 is 11.9 Å². The molecule has 0 radical (unpaired) electrons. The van der Waals surface area contributed by atoms with Crippen LogP contribution in [0.15, 0.2) is 24.3 Å². The number of aliphatic carboxylic acids is 1. The van der Waals surface area contributed by atoms with Crippen molar-refractivity contribution in [2.24, 2.45) is 0 Å². The molecule has 182 valence electrons. The monoisotopic (exact) mass is 462 g/mol. The molecule has 1 amide bonds. The summed E-state index contributed by atoms with van der Waals surface area (Å²) in [6, 6.07) is 5.74. The number of halogens is 1. The van der Waals surface area contributed by atoms with Crippen molar-refractivity contribution in [2.45, 2.75) is 77.4 Å². The molecule has 33 heavy (non-hydrogen) atoms. The lowest BCUT2D eigenvalue weighted by Gasteiger charge is -2.17. The van der Waals surface area contributed by atoms with Gasteiger partial charge in [-0.3, -0.25) is 4.79 Å². The Bertz CT molecular complexity index is 927. The molecule has 1 aromatic heterocycles. The first kappa shape index (κ1) is 26.5.